The fourth-order valence-corrected chi connectivity index (χ4v) is 1.39. The van der Waals surface area contributed by atoms with Gasteiger partial charge in [0.2, 0.25) is 0 Å². The molecule has 0 saturated carbocycles. The third kappa shape index (κ3) is 4.13. The lowest BCUT2D eigenvalue weighted by atomic mass is 10.1. The number of aryl methyl sites for hydroxylation is 1. The van der Waals surface area contributed by atoms with E-state index in [1.54, 1.807) is 12.1 Å². The maximum atomic E-state index is 11.7. The second-order valence-electron chi connectivity index (χ2n) is 4.11. The van der Waals surface area contributed by atoms with Crippen LogP contribution in [-0.2, 0) is 9.53 Å². The molecule has 0 radical (unpaired) electrons. The molecule has 104 valence electrons. The quantitative estimate of drug-likeness (QED) is 0.471. The number of hydrogen-bond donors (Lipinski definition) is 3. The zero-order valence-electron chi connectivity index (χ0n) is 10.4. The fourth-order valence-electron chi connectivity index (χ4n) is 1.39. The summed E-state index contributed by atoms with van der Waals surface area (Å²) in [6.45, 7) is 1.11. The van der Waals surface area contributed by atoms with Crippen LogP contribution in [0.15, 0.2) is 24.3 Å². The van der Waals surface area contributed by atoms with Gasteiger partial charge in [-0.3, -0.25) is 4.79 Å². The molecule has 1 rings (SSSR count). The van der Waals surface area contributed by atoms with Crippen molar-refractivity contribution in [1.82, 2.24) is 0 Å². The van der Waals surface area contributed by atoms with Gasteiger partial charge in [0.05, 0.1) is 12.2 Å². The standard InChI is InChI=1S/C13H16O6/c1-8-2-4-9(5-3-8)13(18)19-11(7-15)12(17)10(16)6-14/h2-5,7,10-12,14,16-17H,6H2,1H3/t10?,11-,12+/m1/s1. The number of aliphatic hydroxyl groups is 3. The van der Waals surface area contributed by atoms with Crippen LogP contribution in [0.4, 0.5) is 0 Å². The lowest BCUT2D eigenvalue weighted by Gasteiger charge is -2.21. The zero-order chi connectivity index (χ0) is 14.4. The molecule has 0 fully saturated rings. The predicted molar refractivity (Wildman–Crippen MR) is 65.5 cm³/mol. The van der Waals surface area contributed by atoms with Gasteiger partial charge in [-0.25, -0.2) is 4.79 Å². The van der Waals surface area contributed by atoms with Crippen LogP contribution in [0.1, 0.15) is 15.9 Å². The average Bonchev–Trinajstić information content (AvgIpc) is 2.43. The first-order valence-electron chi connectivity index (χ1n) is 5.69. The highest BCUT2D eigenvalue weighted by atomic mass is 16.6. The van der Waals surface area contributed by atoms with E-state index in [1.807, 2.05) is 6.92 Å². The van der Waals surface area contributed by atoms with E-state index in [2.05, 4.69) is 0 Å². The largest absolute Gasteiger partial charge is 0.448 e. The van der Waals surface area contributed by atoms with Gasteiger partial charge in [0.15, 0.2) is 12.4 Å². The Morgan fingerprint density at radius 3 is 2.37 bits per heavy atom. The third-order valence-corrected chi connectivity index (χ3v) is 2.58. The highest BCUT2D eigenvalue weighted by Gasteiger charge is 2.29. The smallest absolute Gasteiger partial charge is 0.338 e. The molecule has 0 amide bonds. The number of benzene rings is 1. The van der Waals surface area contributed by atoms with E-state index >= 15 is 0 Å². The van der Waals surface area contributed by atoms with Gasteiger partial charge in [-0.15, -0.1) is 0 Å². The van der Waals surface area contributed by atoms with Crippen LogP contribution in [0.25, 0.3) is 0 Å². The number of aliphatic hydroxyl groups excluding tert-OH is 3. The summed E-state index contributed by atoms with van der Waals surface area (Å²) in [5, 5.41) is 27.4. The average molecular weight is 268 g/mol. The van der Waals surface area contributed by atoms with Crippen LogP contribution in [0.2, 0.25) is 0 Å². The summed E-state index contributed by atoms with van der Waals surface area (Å²) in [7, 11) is 0. The van der Waals surface area contributed by atoms with Crippen molar-refractivity contribution in [3.63, 3.8) is 0 Å². The first kappa shape index (κ1) is 15.3. The summed E-state index contributed by atoms with van der Waals surface area (Å²) >= 11 is 0. The number of aldehydes is 1. The van der Waals surface area contributed by atoms with E-state index in [0.29, 0.717) is 0 Å². The monoisotopic (exact) mass is 268 g/mol. The molecule has 1 aromatic rings. The Balaban J connectivity index is 2.73. The topological polar surface area (TPSA) is 104 Å². The minimum atomic E-state index is -1.67. The van der Waals surface area contributed by atoms with Gasteiger partial charge in [-0.2, -0.15) is 0 Å². The first-order valence-corrected chi connectivity index (χ1v) is 5.69. The molecule has 0 aliphatic heterocycles. The molecule has 0 aliphatic rings. The Morgan fingerprint density at radius 2 is 1.89 bits per heavy atom. The van der Waals surface area contributed by atoms with Crippen LogP contribution in [0.5, 0.6) is 0 Å². The van der Waals surface area contributed by atoms with Crippen LogP contribution in [0.3, 0.4) is 0 Å². The minimum absolute atomic E-state index is 0.204. The van der Waals surface area contributed by atoms with Crippen molar-refractivity contribution in [2.75, 3.05) is 6.61 Å². The second-order valence-corrected chi connectivity index (χ2v) is 4.11. The summed E-state index contributed by atoms with van der Waals surface area (Å²) in [4.78, 5) is 22.5. The van der Waals surface area contributed by atoms with Crippen molar-refractivity contribution in [2.45, 2.75) is 25.2 Å². The number of carbonyl (C=O) groups is 2. The zero-order valence-corrected chi connectivity index (χ0v) is 10.4. The van der Waals surface area contributed by atoms with Crippen molar-refractivity contribution >= 4 is 12.3 Å². The van der Waals surface area contributed by atoms with Crippen LogP contribution >= 0.6 is 0 Å². The molecule has 3 atom stereocenters. The maximum absolute atomic E-state index is 11.7. The van der Waals surface area contributed by atoms with E-state index in [9.17, 15) is 19.8 Å². The molecule has 0 saturated heterocycles. The van der Waals surface area contributed by atoms with Gasteiger partial charge in [-0.1, -0.05) is 17.7 Å². The molecule has 0 spiro atoms. The van der Waals surface area contributed by atoms with E-state index < -0.39 is 30.9 Å². The molecule has 0 heterocycles. The van der Waals surface area contributed by atoms with Crippen molar-refractivity contribution in [3.05, 3.63) is 35.4 Å². The van der Waals surface area contributed by atoms with Gasteiger partial charge in [0.25, 0.3) is 0 Å². The van der Waals surface area contributed by atoms with Crippen LogP contribution in [0, 0.1) is 6.92 Å². The fraction of sp³-hybridized carbons (Fsp3) is 0.385. The normalized spacial score (nSPS) is 15.4. The number of carbonyl (C=O) groups excluding carboxylic acids is 2. The summed E-state index contributed by atoms with van der Waals surface area (Å²) in [5.41, 5.74) is 1.18. The Bertz CT molecular complexity index is 427. The van der Waals surface area contributed by atoms with Crippen LogP contribution in [-0.4, -0.2) is 52.5 Å². The summed E-state index contributed by atoms with van der Waals surface area (Å²) in [6.07, 6.45) is -4.55. The van der Waals surface area contributed by atoms with Gasteiger partial charge < -0.3 is 20.1 Å². The third-order valence-electron chi connectivity index (χ3n) is 2.58. The van der Waals surface area contributed by atoms with E-state index in [1.165, 1.54) is 12.1 Å². The number of hydrogen-bond acceptors (Lipinski definition) is 6. The molecule has 0 aliphatic carbocycles. The summed E-state index contributed by atoms with van der Waals surface area (Å²) in [5.74, 6) is -0.790. The van der Waals surface area contributed by atoms with Gasteiger partial charge in [0, 0.05) is 0 Å². The molecular formula is C13H16O6. The summed E-state index contributed by atoms with van der Waals surface area (Å²) < 4.78 is 4.78. The Labute approximate surface area is 110 Å². The van der Waals surface area contributed by atoms with Crippen molar-refractivity contribution in [3.8, 4) is 0 Å². The number of ether oxygens (including phenoxy) is 1. The van der Waals surface area contributed by atoms with Gasteiger partial charge in [0.1, 0.15) is 12.2 Å². The molecule has 6 heteroatoms. The first-order chi connectivity index (χ1) is 8.99. The molecule has 0 aromatic heterocycles. The van der Waals surface area contributed by atoms with E-state index in [-0.39, 0.29) is 11.8 Å². The van der Waals surface area contributed by atoms with Gasteiger partial charge in [-0.05, 0) is 19.1 Å². The highest BCUT2D eigenvalue weighted by molar-refractivity contribution is 5.90. The summed E-state index contributed by atoms with van der Waals surface area (Å²) in [6, 6.07) is 6.44. The molecule has 1 unspecified atom stereocenters. The lowest BCUT2D eigenvalue weighted by Crippen LogP contribution is -2.42. The number of rotatable bonds is 6. The van der Waals surface area contributed by atoms with E-state index in [4.69, 9.17) is 9.84 Å². The molecule has 0 bridgehead atoms. The molecule has 19 heavy (non-hydrogen) atoms. The Hall–Kier alpha value is -1.76. The Morgan fingerprint density at radius 1 is 1.32 bits per heavy atom. The second kappa shape index (κ2) is 6.98. The predicted octanol–water partition coefficient (Wildman–Crippen LogP) is -0.567. The van der Waals surface area contributed by atoms with Crippen LogP contribution < -0.4 is 0 Å². The van der Waals surface area contributed by atoms with E-state index in [0.717, 1.165) is 5.56 Å². The van der Waals surface area contributed by atoms with Crippen molar-refractivity contribution in [1.29, 1.82) is 0 Å². The van der Waals surface area contributed by atoms with Crippen molar-refractivity contribution in [2.24, 2.45) is 0 Å². The minimum Gasteiger partial charge on any atom is -0.448 e. The SMILES string of the molecule is Cc1ccc(C(=O)O[C@H](C=O)[C@@H](O)C(O)CO)cc1. The maximum Gasteiger partial charge on any atom is 0.338 e. The molecule has 3 N–H and O–H groups in total. The molecule has 1 aromatic carbocycles. The number of esters is 1. The van der Waals surface area contributed by atoms with Gasteiger partial charge >= 0.3 is 5.97 Å². The lowest BCUT2D eigenvalue weighted by molar-refractivity contribution is -0.129. The molecular weight excluding hydrogens is 252 g/mol. The van der Waals surface area contributed by atoms with Crippen molar-refractivity contribution < 1.29 is 29.6 Å². The Kier molecular flexibility index (Phi) is 5.62. The highest BCUT2D eigenvalue weighted by Crippen LogP contribution is 2.09. The molecule has 6 nitrogen and oxygen atoms in total.